The summed E-state index contributed by atoms with van der Waals surface area (Å²) in [5, 5.41) is 3.64. The highest BCUT2D eigenvalue weighted by Crippen LogP contribution is 2.42. The molecule has 4 nitrogen and oxygen atoms in total. The van der Waals surface area contributed by atoms with Crippen LogP contribution in [-0.4, -0.2) is 21.4 Å². The van der Waals surface area contributed by atoms with Gasteiger partial charge in [-0.2, -0.15) is 0 Å². The molecule has 1 fully saturated rings. The third kappa shape index (κ3) is 2.55. The van der Waals surface area contributed by atoms with Crippen molar-refractivity contribution in [3.05, 3.63) is 52.8 Å². The van der Waals surface area contributed by atoms with E-state index in [0.717, 1.165) is 17.7 Å². The summed E-state index contributed by atoms with van der Waals surface area (Å²) in [4.78, 5) is 15.3. The van der Waals surface area contributed by atoms with Crippen molar-refractivity contribution in [3.8, 4) is 0 Å². The second-order valence-electron chi connectivity index (χ2n) is 7.49. The van der Waals surface area contributed by atoms with Crippen LogP contribution in [0.4, 0.5) is 5.69 Å². The fraction of sp³-hybridized carbons (Fsp3) is 0.476. The summed E-state index contributed by atoms with van der Waals surface area (Å²) in [7, 11) is 0. The average Bonchev–Trinajstić information content (AvgIpc) is 3.39. The van der Waals surface area contributed by atoms with E-state index < -0.39 is 0 Å². The molecule has 1 amide bonds. The van der Waals surface area contributed by atoms with Gasteiger partial charge >= 0.3 is 0 Å². The molecule has 0 spiro atoms. The molecular weight excluding hydrogens is 310 g/mol. The third-order valence-electron chi connectivity index (χ3n) is 5.76. The number of amides is 1. The van der Waals surface area contributed by atoms with Crippen LogP contribution in [0, 0.1) is 13.8 Å². The van der Waals surface area contributed by atoms with Crippen LogP contribution in [0.3, 0.4) is 0 Å². The molecular formula is C21H27N3O. The molecule has 1 aromatic heterocycles. The lowest BCUT2D eigenvalue weighted by molar-refractivity contribution is 0.0593. The lowest BCUT2D eigenvalue weighted by atomic mass is 10.0. The number of para-hydroxylation sites is 1. The molecule has 2 heterocycles. The standard InChI is InChI=1S/C21H27N3O/c1-5-13(2)24-20(22-19-9-7-6-8-17(19)21(24)25)18-12-14(3)23(15(18)4)16-10-11-16/h6-9,12-13,16,20,22H,5,10-11H2,1-4H3/t13-,20+/m0/s1. The molecule has 2 aliphatic rings. The molecule has 0 unspecified atom stereocenters. The average molecular weight is 337 g/mol. The Morgan fingerprint density at radius 1 is 1.24 bits per heavy atom. The number of carbonyl (C=O) groups is 1. The Balaban J connectivity index is 1.82. The van der Waals surface area contributed by atoms with Gasteiger partial charge in [0.25, 0.3) is 5.91 Å². The number of benzene rings is 1. The third-order valence-corrected chi connectivity index (χ3v) is 5.76. The number of anilines is 1. The van der Waals surface area contributed by atoms with Gasteiger partial charge in [0.1, 0.15) is 6.17 Å². The van der Waals surface area contributed by atoms with Crippen LogP contribution in [0.25, 0.3) is 0 Å². The van der Waals surface area contributed by atoms with Crippen LogP contribution in [0.1, 0.15) is 72.6 Å². The van der Waals surface area contributed by atoms with E-state index in [1.165, 1.54) is 29.8 Å². The second kappa shape index (κ2) is 5.94. The number of hydrogen-bond donors (Lipinski definition) is 1. The normalized spacial score (nSPS) is 21.0. The molecule has 1 aliphatic carbocycles. The number of aromatic nitrogens is 1. The Labute approximate surface area is 149 Å². The maximum absolute atomic E-state index is 13.2. The summed E-state index contributed by atoms with van der Waals surface area (Å²) >= 11 is 0. The van der Waals surface area contributed by atoms with Gasteiger partial charge in [-0.25, -0.2) is 0 Å². The van der Waals surface area contributed by atoms with Crippen LogP contribution >= 0.6 is 0 Å². The molecule has 0 bridgehead atoms. The van der Waals surface area contributed by atoms with Crippen molar-refractivity contribution in [1.82, 2.24) is 9.47 Å². The highest BCUT2D eigenvalue weighted by atomic mass is 16.2. The zero-order chi connectivity index (χ0) is 17.7. The van der Waals surface area contributed by atoms with Gasteiger partial charge in [-0.3, -0.25) is 4.79 Å². The van der Waals surface area contributed by atoms with Gasteiger partial charge in [-0.05, 0) is 58.2 Å². The summed E-state index contributed by atoms with van der Waals surface area (Å²) in [5.41, 5.74) is 5.53. The number of aryl methyl sites for hydroxylation is 1. The van der Waals surface area contributed by atoms with Crippen LogP contribution in [-0.2, 0) is 0 Å². The monoisotopic (exact) mass is 337 g/mol. The molecule has 132 valence electrons. The van der Waals surface area contributed by atoms with E-state index in [1.807, 2.05) is 29.2 Å². The zero-order valence-corrected chi connectivity index (χ0v) is 15.5. The molecule has 1 aromatic carbocycles. The van der Waals surface area contributed by atoms with Gasteiger partial charge in [0, 0.05) is 34.7 Å². The second-order valence-corrected chi connectivity index (χ2v) is 7.49. The van der Waals surface area contributed by atoms with E-state index in [9.17, 15) is 4.79 Å². The first-order valence-corrected chi connectivity index (χ1v) is 9.39. The van der Waals surface area contributed by atoms with Crippen molar-refractivity contribution in [3.63, 3.8) is 0 Å². The summed E-state index contributed by atoms with van der Waals surface area (Å²) in [5.74, 6) is 0.130. The summed E-state index contributed by atoms with van der Waals surface area (Å²) in [6.07, 6.45) is 3.37. The number of carbonyl (C=O) groups excluding carboxylic acids is 1. The van der Waals surface area contributed by atoms with E-state index in [1.54, 1.807) is 0 Å². The molecule has 0 saturated heterocycles. The lowest BCUT2D eigenvalue weighted by Crippen LogP contribution is -2.47. The Morgan fingerprint density at radius 2 is 1.96 bits per heavy atom. The molecule has 25 heavy (non-hydrogen) atoms. The van der Waals surface area contributed by atoms with E-state index in [4.69, 9.17) is 0 Å². The van der Waals surface area contributed by atoms with Crippen molar-refractivity contribution in [2.75, 3.05) is 5.32 Å². The van der Waals surface area contributed by atoms with Crippen LogP contribution in [0.5, 0.6) is 0 Å². The van der Waals surface area contributed by atoms with Crippen molar-refractivity contribution >= 4 is 11.6 Å². The number of hydrogen-bond acceptors (Lipinski definition) is 2. The Kier molecular flexibility index (Phi) is 3.86. The van der Waals surface area contributed by atoms with Gasteiger partial charge in [-0.1, -0.05) is 19.1 Å². The van der Waals surface area contributed by atoms with E-state index in [0.29, 0.717) is 6.04 Å². The number of rotatable bonds is 4. The highest BCUT2D eigenvalue weighted by Gasteiger charge is 2.38. The Morgan fingerprint density at radius 3 is 2.64 bits per heavy atom. The molecule has 1 aliphatic heterocycles. The minimum atomic E-state index is -0.101. The van der Waals surface area contributed by atoms with Gasteiger partial charge in [-0.15, -0.1) is 0 Å². The fourth-order valence-electron chi connectivity index (χ4n) is 4.12. The topological polar surface area (TPSA) is 37.3 Å². The molecule has 4 rings (SSSR count). The minimum Gasteiger partial charge on any atom is -0.361 e. The number of nitrogens with zero attached hydrogens (tertiary/aromatic N) is 2. The van der Waals surface area contributed by atoms with Crippen LogP contribution in [0.2, 0.25) is 0 Å². The number of nitrogens with one attached hydrogen (secondary N) is 1. The van der Waals surface area contributed by atoms with Crippen molar-refractivity contribution < 1.29 is 4.79 Å². The first-order valence-electron chi connectivity index (χ1n) is 9.39. The SMILES string of the molecule is CC[C@H](C)N1C(=O)c2ccccc2N[C@H]1c1cc(C)n(C2CC2)c1C. The lowest BCUT2D eigenvalue weighted by Gasteiger charge is -2.41. The van der Waals surface area contributed by atoms with Crippen molar-refractivity contribution in [2.45, 2.75) is 65.2 Å². The zero-order valence-electron chi connectivity index (χ0n) is 15.5. The Bertz CT molecular complexity index is 819. The van der Waals surface area contributed by atoms with Gasteiger partial charge in [0.15, 0.2) is 0 Å². The fourth-order valence-corrected chi connectivity index (χ4v) is 4.12. The highest BCUT2D eigenvalue weighted by molar-refractivity contribution is 6.01. The first-order chi connectivity index (χ1) is 12.0. The van der Waals surface area contributed by atoms with Crippen molar-refractivity contribution in [1.29, 1.82) is 0 Å². The summed E-state index contributed by atoms with van der Waals surface area (Å²) in [6.45, 7) is 8.66. The van der Waals surface area contributed by atoms with Gasteiger partial charge in [0.05, 0.1) is 5.56 Å². The molecule has 1 N–H and O–H groups in total. The van der Waals surface area contributed by atoms with E-state index >= 15 is 0 Å². The van der Waals surface area contributed by atoms with Gasteiger partial charge < -0.3 is 14.8 Å². The first kappa shape index (κ1) is 16.2. The smallest absolute Gasteiger partial charge is 0.258 e. The van der Waals surface area contributed by atoms with Crippen molar-refractivity contribution in [2.24, 2.45) is 0 Å². The van der Waals surface area contributed by atoms with Crippen LogP contribution in [0.15, 0.2) is 30.3 Å². The van der Waals surface area contributed by atoms with E-state index in [2.05, 4.69) is 43.6 Å². The maximum Gasteiger partial charge on any atom is 0.258 e. The summed E-state index contributed by atoms with van der Waals surface area (Å²) < 4.78 is 2.46. The van der Waals surface area contributed by atoms with Gasteiger partial charge in [0.2, 0.25) is 0 Å². The quantitative estimate of drug-likeness (QED) is 0.870. The molecule has 4 heteroatoms. The minimum absolute atomic E-state index is 0.101. The van der Waals surface area contributed by atoms with E-state index in [-0.39, 0.29) is 18.1 Å². The molecule has 1 saturated carbocycles. The maximum atomic E-state index is 13.2. The largest absolute Gasteiger partial charge is 0.361 e. The molecule has 2 atom stereocenters. The molecule has 0 radical (unpaired) electrons. The predicted octanol–water partition coefficient (Wildman–Crippen LogP) is 4.80. The van der Waals surface area contributed by atoms with Crippen LogP contribution < -0.4 is 5.32 Å². The Hall–Kier alpha value is -2.23. The molecule has 2 aromatic rings. The number of fused-ring (bicyclic) bond motifs is 1. The predicted molar refractivity (Wildman–Crippen MR) is 101 cm³/mol. The summed E-state index contributed by atoms with van der Waals surface area (Å²) in [6, 6.07) is 11.0.